The smallest absolute Gasteiger partial charge is 0.147 e. The van der Waals surface area contributed by atoms with Gasteiger partial charge in [-0.1, -0.05) is 13.8 Å². The second-order valence-electron chi connectivity index (χ2n) is 2.40. The molecule has 0 spiro atoms. The Balaban J connectivity index is 0.000000461. The largest absolute Gasteiger partial charge is 0.307 e. The summed E-state index contributed by atoms with van der Waals surface area (Å²) in [6.07, 6.45) is 1.01. The number of rotatable bonds is 1. The number of Topliss-reactive ketones (excluding diaryl/α,β-unsaturated/α-hetero) is 1. The van der Waals surface area contributed by atoms with Crippen LogP contribution in [0.1, 0.15) is 27.2 Å². The molecule has 1 aliphatic heterocycles. The van der Waals surface area contributed by atoms with Crippen molar-refractivity contribution in [1.29, 1.82) is 0 Å². The monoisotopic (exact) mass is 175 g/mol. The van der Waals surface area contributed by atoms with Gasteiger partial charge in [0.05, 0.1) is 6.04 Å². The van der Waals surface area contributed by atoms with E-state index in [4.69, 9.17) is 0 Å². The van der Waals surface area contributed by atoms with Crippen molar-refractivity contribution in [2.45, 2.75) is 38.5 Å². The third-order valence-electron chi connectivity index (χ3n) is 1.63. The standard InChI is InChI=1S/C6H11NOS.C2H6/c1-4(8)6-5(9)2-3-7-6;1-2/h5-7,9H,2-3H2,1H3;1-2H3. The highest BCUT2D eigenvalue weighted by molar-refractivity contribution is 7.81. The summed E-state index contributed by atoms with van der Waals surface area (Å²) >= 11 is 4.24. The van der Waals surface area contributed by atoms with Crippen molar-refractivity contribution in [2.75, 3.05) is 6.54 Å². The molecule has 0 amide bonds. The number of nitrogens with one attached hydrogen (secondary N) is 1. The molecule has 0 bridgehead atoms. The molecule has 1 rings (SSSR count). The van der Waals surface area contributed by atoms with E-state index in [-0.39, 0.29) is 17.1 Å². The molecule has 0 aliphatic carbocycles. The van der Waals surface area contributed by atoms with Crippen LogP contribution in [-0.4, -0.2) is 23.6 Å². The van der Waals surface area contributed by atoms with Crippen molar-refractivity contribution >= 4 is 18.4 Å². The maximum atomic E-state index is 10.7. The van der Waals surface area contributed by atoms with Gasteiger partial charge in [-0.2, -0.15) is 12.6 Å². The third-order valence-corrected chi connectivity index (χ3v) is 2.18. The van der Waals surface area contributed by atoms with E-state index in [1.54, 1.807) is 6.92 Å². The van der Waals surface area contributed by atoms with Crippen LogP contribution in [-0.2, 0) is 4.79 Å². The first-order valence-electron chi connectivity index (χ1n) is 4.13. The fourth-order valence-electron chi connectivity index (χ4n) is 1.10. The summed E-state index contributed by atoms with van der Waals surface area (Å²) in [6.45, 7) is 6.53. The van der Waals surface area contributed by atoms with Crippen LogP contribution in [0.15, 0.2) is 0 Å². The van der Waals surface area contributed by atoms with Crippen LogP contribution in [0.5, 0.6) is 0 Å². The zero-order chi connectivity index (χ0) is 8.85. The van der Waals surface area contributed by atoms with Crippen LogP contribution in [0.25, 0.3) is 0 Å². The summed E-state index contributed by atoms with van der Waals surface area (Å²) in [6, 6.07) is 0.00772. The highest BCUT2D eigenvalue weighted by Gasteiger charge is 2.26. The molecule has 0 radical (unpaired) electrons. The summed E-state index contributed by atoms with van der Waals surface area (Å²) in [5, 5.41) is 3.32. The normalized spacial score (nSPS) is 29.1. The number of thiol groups is 1. The Morgan fingerprint density at radius 1 is 1.55 bits per heavy atom. The molecule has 11 heavy (non-hydrogen) atoms. The van der Waals surface area contributed by atoms with E-state index < -0.39 is 0 Å². The minimum Gasteiger partial charge on any atom is -0.307 e. The SMILES string of the molecule is CC.CC(=O)C1NCCC1S. The number of carbonyl (C=O) groups excluding carboxylic acids is 1. The number of hydrogen-bond donors (Lipinski definition) is 2. The second-order valence-corrected chi connectivity index (χ2v) is 3.06. The lowest BCUT2D eigenvalue weighted by atomic mass is 10.1. The minimum absolute atomic E-state index is 0.00772. The van der Waals surface area contributed by atoms with E-state index in [9.17, 15) is 4.79 Å². The molecule has 0 aromatic rings. The van der Waals surface area contributed by atoms with E-state index in [1.807, 2.05) is 13.8 Å². The second kappa shape index (κ2) is 5.61. The molecule has 0 saturated carbocycles. The van der Waals surface area contributed by atoms with Crippen molar-refractivity contribution in [2.24, 2.45) is 0 Å². The van der Waals surface area contributed by atoms with Gasteiger partial charge >= 0.3 is 0 Å². The molecule has 2 atom stereocenters. The molecule has 0 aromatic heterocycles. The maximum absolute atomic E-state index is 10.7. The lowest BCUT2D eigenvalue weighted by Crippen LogP contribution is -2.34. The van der Waals surface area contributed by atoms with E-state index in [0.29, 0.717) is 0 Å². The van der Waals surface area contributed by atoms with Crippen LogP contribution in [0.4, 0.5) is 0 Å². The van der Waals surface area contributed by atoms with Gasteiger partial charge in [-0.25, -0.2) is 0 Å². The summed E-state index contributed by atoms with van der Waals surface area (Å²) in [5.74, 6) is 0.201. The van der Waals surface area contributed by atoms with Crippen LogP contribution in [0, 0.1) is 0 Å². The molecule has 2 nitrogen and oxygen atoms in total. The van der Waals surface area contributed by atoms with Crippen molar-refractivity contribution in [3.05, 3.63) is 0 Å². The summed E-state index contributed by atoms with van der Waals surface area (Å²) in [4.78, 5) is 10.7. The fourth-order valence-corrected chi connectivity index (χ4v) is 1.55. The Labute approximate surface area is 74.2 Å². The third kappa shape index (κ3) is 3.25. The Bertz CT molecular complexity index is 127. The molecular weight excluding hydrogens is 158 g/mol. The van der Waals surface area contributed by atoms with Crippen LogP contribution in [0.2, 0.25) is 0 Å². The predicted molar refractivity (Wildman–Crippen MR) is 51.2 cm³/mol. The topological polar surface area (TPSA) is 29.1 Å². The van der Waals surface area contributed by atoms with Gasteiger partial charge in [0.15, 0.2) is 0 Å². The van der Waals surface area contributed by atoms with Gasteiger partial charge in [-0.15, -0.1) is 0 Å². The van der Waals surface area contributed by atoms with Crippen LogP contribution >= 0.6 is 12.6 Å². The molecule has 3 heteroatoms. The van der Waals surface area contributed by atoms with Crippen LogP contribution in [0.3, 0.4) is 0 Å². The van der Waals surface area contributed by atoms with Crippen molar-refractivity contribution < 1.29 is 4.79 Å². The Kier molecular flexibility index (Phi) is 5.60. The minimum atomic E-state index is 0.00772. The van der Waals surface area contributed by atoms with Gasteiger partial charge in [-0.3, -0.25) is 4.79 Å². The van der Waals surface area contributed by atoms with Crippen molar-refractivity contribution in [3.8, 4) is 0 Å². The van der Waals surface area contributed by atoms with Gasteiger partial charge in [0, 0.05) is 5.25 Å². The van der Waals surface area contributed by atoms with E-state index >= 15 is 0 Å². The Morgan fingerprint density at radius 3 is 2.27 bits per heavy atom. The molecule has 1 saturated heterocycles. The summed E-state index contributed by atoms with van der Waals surface area (Å²) in [5.41, 5.74) is 0. The van der Waals surface area contributed by atoms with Gasteiger partial charge in [-0.05, 0) is 19.9 Å². The summed E-state index contributed by atoms with van der Waals surface area (Å²) < 4.78 is 0. The van der Waals surface area contributed by atoms with Gasteiger partial charge in [0.1, 0.15) is 5.78 Å². The molecule has 2 unspecified atom stereocenters. The van der Waals surface area contributed by atoms with E-state index in [1.165, 1.54) is 0 Å². The summed E-state index contributed by atoms with van der Waals surface area (Å²) in [7, 11) is 0. The number of carbonyl (C=O) groups is 1. The molecular formula is C8H17NOS. The van der Waals surface area contributed by atoms with Crippen molar-refractivity contribution in [1.82, 2.24) is 5.32 Å². The van der Waals surface area contributed by atoms with Crippen LogP contribution < -0.4 is 5.32 Å². The van der Waals surface area contributed by atoms with Gasteiger partial charge in [0.25, 0.3) is 0 Å². The fraction of sp³-hybridized carbons (Fsp3) is 0.875. The highest BCUT2D eigenvalue weighted by Crippen LogP contribution is 2.13. The maximum Gasteiger partial charge on any atom is 0.147 e. The van der Waals surface area contributed by atoms with Crippen molar-refractivity contribution in [3.63, 3.8) is 0 Å². The molecule has 1 N–H and O–H groups in total. The number of ketones is 1. The zero-order valence-corrected chi connectivity index (χ0v) is 8.32. The first-order chi connectivity index (χ1) is 5.22. The molecule has 1 heterocycles. The quantitative estimate of drug-likeness (QED) is 0.588. The zero-order valence-electron chi connectivity index (χ0n) is 7.42. The van der Waals surface area contributed by atoms with Gasteiger partial charge < -0.3 is 5.32 Å². The average Bonchev–Trinajstić information content (AvgIpc) is 2.39. The predicted octanol–water partition coefficient (Wildman–Crippen LogP) is 1.26. The first kappa shape index (κ1) is 11.0. The lowest BCUT2D eigenvalue weighted by Gasteiger charge is -2.09. The number of hydrogen-bond acceptors (Lipinski definition) is 3. The highest BCUT2D eigenvalue weighted by atomic mass is 32.1. The average molecular weight is 175 g/mol. The van der Waals surface area contributed by atoms with E-state index in [0.717, 1.165) is 13.0 Å². The van der Waals surface area contributed by atoms with Gasteiger partial charge in [0.2, 0.25) is 0 Å². The molecule has 1 aliphatic rings. The lowest BCUT2D eigenvalue weighted by molar-refractivity contribution is -0.118. The molecule has 0 aromatic carbocycles. The molecule has 1 fully saturated rings. The Hall–Kier alpha value is -0.0200. The Morgan fingerprint density at radius 2 is 2.09 bits per heavy atom. The van der Waals surface area contributed by atoms with E-state index in [2.05, 4.69) is 17.9 Å². The first-order valence-corrected chi connectivity index (χ1v) is 4.65. The molecule has 66 valence electrons.